The van der Waals surface area contributed by atoms with E-state index in [9.17, 15) is 4.79 Å². The minimum absolute atomic E-state index is 0.0335. The normalized spacial score (nSPS) is 12.1. The van der Waals surface area contributed by atoms with E-state index in [0.29, 0.717) is 6.42 Å². The Morgan fingerprint density at radius 2 is 2.00 bits per heavy atom. The molecule has 0 saturated carbocycles. The number of benzene rings is 1. The molecule has 0 spiro atoms. The van der Waals surface area contributed by atoms with E-state index < -0.39 is 0 Å². The van der Waals surface area contributed by atoms with E-state index in [-0.39, 0.29) is 12.1 Å². The molecule has 1 unspecified atom stereocenters. The quantitative estimate of drug-likeness (QED) is 0.692. The molecule has 0 aliphatic rings. The lowest BCUT2D eigenvalue weighted by Gasteiger charge is -2.11. The summed E-state index contributed by atoms with van der Waals surface area (Å²) in [6.45, 7) is 4.02. The van der Waals surface area contributed by atoms with Crippen LogP contribution in [0.4, 0.5) is 0 Å². The molecule has 2 nitrogen and oxygen atoms in total. The summed E-state index contributed by atoms with van der Waals surface area (Å²) in [5.41, 5.74) is 1.01. The van der Waals surface area contributed by atoms with Gasteiger partial charge in [0, 0.05) is 0 Å². The number of esters is 1. The fourth-order valence-corrected chi connectivity index (χ4v) is 1.49. The molecule has 0 aliphatic heterocycles. The summed E-state index contributed by atoms with van der Waals surface area (Å²) in [5, 5.41) is 0. The van der Waals surface area contributed by atoms with Crippen molar-refractivity contribution >= 4 is 5.97 Å². The maximum Gasteiger partial charge on any atom is 0.310 e. The van der Waals surface area contributed by atoms with Crippen LogP contribution in [0.15, 0.2) is 30.3 Å². The van der Waals surface area contributed by atoms with Gasteiger partial charge in [-0.15, -0.1) is 0 Å². The molecule has 15 heavy (non-hydrogen) atoms. The van der Waals surface area contributed by atoms with Gasteiger partial charge < -0.3 is 4.74 Å². The molecule has 0 saturated heterocycles. The molecule has 2 heteroatoms. The standard InChI is InChI=1S/C13H18O2/c1-3-7-11(2)15-13(14)10-12-8-5-4-6-9-12/h4-6,8-9,11H,3,7,10H2,1-2H3. The highest BCUT2D eigenvalue weighted by atomic mass is 16.5. The topological polar surface area (TPSA) is 26.3 Å². The number of hydrogen-bond donors (Lipinski definition) is 0. The summed E-state index contributed by atoms with van der Waals surface area (Å²) in [7, 11) is 0. The van der Waals surface area contributed by atoms with Crippen LogP contribution in [0.2, 0.25) is 0 Å². The molecule has 1 atom stereocenters. The minimum atomic E-state index is -0.137. The van der Waals surface area contributed by atoms with Crippen molar-refractivity contribution < 1.29 is 9.53 Å². The molecular weight excluding hydrogens is 188 g/mol. The monoisotopic (exact) mass is 206 g/mol. The number of carbonyl (C=O) groups excluding carboxylic acids is 1. The summed E-state index contributed by atoms with van der Waals surface area (Å²) in [5.74, 6) is -0.137. The van der Waals surface area contributed by atoms with E-state index >= 15 is 0 Å². The largest absolute Gasteiger partial charge is 0.462 e. The first kappa shape index (κ1) is 11.8. The fourth-order valence-electron chi connectivity index (χ4n) is 1.49. The van der Waals surface area contributed by atoms with Crippen LogP contribution in [0.3, 0.4) is 0 Å². The molecule has 0 aromatic heterocycles. The van der Waals surface area contributed by atoms with Gasteiger partial charge in [0.2, 0.25) is 0 Å². The van der Waals surface area contributed by atoms with Crippen LogP contribution < -0.4 is 0 Å². The van der Waals surface area contributed by atoms with E-state index in [4.69, 9.17) is 4.74 Å². The zero-order valence-corrected chi connectivity index (χ0v) is 9.40. The van der Waals surface area contributed by atoms with E-state index in [1.807, 2.05) is 37.3 Å². The van der Waals surface area contributed by atoms with Crippen LogP contribution in [0, 0.1) is 0 Å². The maximum absolute atomic E-state index is 11.5. The second kappa shape index (κ2) is 6.23. The molecule has 0 radical (unpaired) electrons. The third-order valence-electron chi connectivity index (χ3n) is 2.22. The Bertz CT molecular complexity index is 293. The third-order valence-corrected chi connectivity index (χ3v) is 2.22. The highest BCUT2D eigenvalue weighted by molar-refractivity contribution is 5.72. The van der Waals surface area contributed by atoms with Gasteiger partial charge in [-0.1, -0.05) is 43.7 Å². The lowest BCUT2D eigenvalue weighted by molar-refractivity contribution is -0.147. The lowest BCUT2D eigenvalue weighted by atomic mass is 10.1. The van der Waals surface area contributed by atoms with Crippen molar-refractivity contribution in [3.8, 4) is 0 Å². The van der Waals surface area contributed by atoms with Gasteiger partial charge in [0.1, 0.15) is 0 Å². The van der Waals surface area contributed by atoms with Gasteiger partial charge in [0.15, 0.2) is 0 Å². The zero-order chi connectivity index (χ0) is 11.1. The number of hydrogen-bond acceptors (Lipinski definition) is 2. The summed E-state index contributed by atoms with van der Waals surface area (Å²) >= 11 is 0. The van der Waals surface area contributed by atoms with E-state index in [0.717, 1.165) is 18.4 Å². The van der Waals surface area contributed by atoms with Crippen molar-refractivity contribution in [2.45, 2.75) is 39.2 Å². The van der Waals surface area contributed by atoms with Crippen molar-refractivity contribution in [1.29, 1.82) is 0 Å². The molecule has 0 N–H and O–H groups in total. The molecule has 0 bridgehead atoms. The smallest absolute Gasteiger partial charge is 0.310 e. The van der Waals surface area contributed by atoms with Crippen LogP contribution in [-0.2, 0) is 16.0 Å². The lowest BCUT2D eigenvalue weighted by Crippen LogP contribution is -2.16. The number of carbonyl (C=O) groups is 1. The van der Waals surface area contributed by atoms with E-state index in [1.54, 1.807) is 0 Å². The Labute approximate surface area is 91.3 Å². The highest BCUT2D eigenvalue weighted by Crippen LogP contribution is 2.05. The molecular formula is C13H18O2. The maximum atomic E-state index is 11.5. The molecule has 1 rings (SSSR count). The van der Waals surface area contributed by atoms with Gasteiger partial charge in [0.05, 0.1) is 12.5 Å². The van der Waals surface area contributed by atoms with Gasteiger partial charge >= 0.3 is 5.97 Å². The molecule has 82 valence electrons. The molecule has 1 aromatic rings. The van der Waals surface area contributed by atoms with E-state index in [2.05, 4.69) is 6.92 Å². The molecule has 0 aliphatic carbocycles. The Morgan fingerprint density at radius 3 is 2.60 bits per heavy atom. The summed E-state index contributed by atoms with van der Waals surface area (Å²) in [4.78, 5) is 11.5. The molecule has 0 amide bonds. The van der Waals surface area contributed by atoms with Gasteiger partial charge in [-0.05, 0) is 18.9 Å². The van der Waals surface area contributed by atoms with Crippen LogP contribution in [0.25, 0.3) is 0 Å². The Morgan fingerprint density at radius 1 is 1.33 bits per heavy atom. The van der Waals surface area contributed by atoms with Gasteiger partial charge in [-0.25, -0.2) is 0 Å². The molecule has 1 aromatic carbocycles. The Balaban J connectivity index is 2.36. The SMILES string of the molecule is CCCC(C)OC(=O)Cc1ccccc1. The summed E-state index contributed by atoms with van der Waals surface area (Å²) in [6, 6.07) is 9.67. The second-order valence-corrected chi connectivity index (χ2v) is 3.75. The zero-order valence-electron chi connectivity index (χ0n) is 9.40. The average Bonchev–Trinajstić information content (AvgIpc) is 2.19. The summed E-state index contributed by atoms with van der Waals surface area (Å²) < 4.78 is 5.26. The first-order valence-electron chi connectivity index (χ1n) is 5.45. The van der Waals surface area contributed by atoms with E-state index in [1.165, 1.54) is 0 Å². The Kier molecular flexibility index (Phi) is 4.88. The minimum Gasteiger partial charge on any atom is -0.462 e. The molecule has 0 fully saturated rings. The van der Waals surface area contributed by atoms with Crippen LogP contribution in [-0.4, -0.2) is 12.1 Å². The van der Waals surface area contributed by atoms with Crippen molar-refractivity contribution in [3.63, 3.8) is 0 Å². The number of ether oxygens (including phenoxy) is 1. The Hall–Kier alpha value is -1.31. The highest BCUT2D eigenvalue weighted by Gasteiger charge is 2.08. The van der Waals surface area contributed by atoms with Crippen LogP contribution in [0.5, 0.6) is 0 Å². The molecule has 0 heterocycles. The predicted molar refractivity (Wildman–Crippen MR) is 60.6 cm³/mol. The second-order valence-electron chi connectivity index (χ2n) is 3.75. The van der Waals surface area contributed by atoms with Crippen molar-refractivity contribution in [2.24, 2.45) is 0 Å². The van der Waals surface area contributed by atoms with Crippen molar-refractivity contribution in [2.75, 3.05) is 0 Å². The number of rotatable bonds is 5. The fraction of sp³-hybridized carbons (Fsp3) is 0.462. The van der Waals surface area contributed by atoms with Gasteiger partial charge in [-0.3, -0.25) is 4.79 Å². The third kappa shape index (κ3) is 4.63. The predicted octanol–water partition coefficient (Wildman–Crippen LogP) is 2.96. The van der Waals surface area contributed by atoms with Crippen molar-refractivity contribution in [3.05, 3.63) is 35.9 Å². The van der Waals surface area contributed by atoms with Crippen LogP contribution in [0.1, 0.15) is 32.3 Å². The summed E-state index contributed by atoms with van der Waals surface area (Å²) in [6.07, 6.45) is 2.38. The first-order chi connectivity index (χ1) is 7.22. The van der Waals surface area contributed by atoms with Gasteiger partial charge in [0.25, 0.3) is 0 Å². The van der Waals surface area contributed by atoms with Gasteiger partial charge in [-0.2, -0.15) is 0 Å². The average molecular weight is 206 g/mol. The van der Waals surface area contributed by atoms with Crippen LogP contribution >= 0.6 is 0 Å². The first-order valence-corrected chi connectivity index (χ1v) is 5.45. The van der Waals surface area contributed by atoms with Crippen molar-refractivity contribution in [1.82, 2.24) is 0 Å².